The lowest BCUT2D eigenvalue weighted by atomic mass is 10.1. The summed E-state index contributed by atoms with van der Waals surface area (Å²) in [5.41, 5.74) is 1.70. The third kappa shape index (κ3) is 3.65. The Labute approximate surface area is 123 Å². The summed E-state index contributed by atoms with van der Waals surface area (Å²) in [5.74, 6) is 1.43. The van der Waals surface area contributed by atoms with Gasteiger partial charge in [-0.2, -0.15) is 0 Å². The number of ether oxygens (including phenoxy) is 2. The number of rotatable bonds is 5. The number of methoxy groups -OCH3 is 1. The summed E-state index contributed by atoms with van der Waals surface area (Å²) in [4.78, 5) is 0. The minimum absolute atomic E-state index is 0.176. The SMILES string of the molecule is COc1cccc(C(O)COc2ccc(Cl)cc2C)c1. The highest BCUT2D eigenvalue weighted by atomic mass is 35.5. The topological polar surface area (TPSA) is 38.7 Å². The zero-order valence-corrected chi connectivity index (χ0v) is 12.2. The van der Waals surface area contributed by atoms with Crippen LogP contribution in [0.25, 0.3) is 0 Å². The van der Waals surface area contributed by atoms with Crippen LogP contribution in [-0.2, 0) is 0 Å². The van der Waals surface area contributed by atoms with Crippen LogP contribution in [0.15, 0.2) is 42.5 Å². The van der Waals surface area contributed by atoms with Gasteiger partial charge in [-0.3, -0.25) is 0 Å². The fourth-order valence-electron chi connectivity index (χ4n) is 1.89. The molecule has 0 aliphatic carbocycles. The Bertz CT molecular complexity index is 584. The Kier molecular flexibility index (Phi) is 4.88. The zero-order valence-electron chi connectivity index (χ0n) is 11.5. The molecule has 1 N–H and O–H groups in total. The average molecular weight is 293 g/mol. The number of aryl methyl sites for hydroxylation is 1. The van der Waals surface area contributed by atoms with Crippen LogP contribution in [0.2, 0.25) is 5.02 Å². The quantitative estimate of drug-likeness (QED) is 0.912. The maximum absolute atomic E-state index is 10.1. The molecule has 1 atom stereocenters. The molecule has 1 unspecified atom stereocenters. The largest absolute Gasteiger partial charge is 0.497 e. The molecule has 0 aliphatic heterocycles. The number of aliphatic hydroxyl groups is 1. The Morgan fingerprint density at radius 2 is 2.00 bits per heavy atom. The first-order valence-electron chi connectivity index (χ1n) is 6.31. The molecule has 0 saturated heterocycles. The standard InChI is InChI=1S/C16H17ClO3/c1-11-8-13(17)6-7-16(11)20-10-15(18)12-4-3-5-14(9-12)19-2/h3-9,15,18H,10H2,1-2H3. The summed E-state index contributed by atoms with van der Waals surface area (Å²) in [5, 5.41) is 10.8. The minimum atomic E-state index is -0.708. The van der Waals surface area contributed by atoms with Crippen LogP contribution < -0.4 is 9.47 Å². The van der Waals surface area contributed by atoms with Crippen LogP contribution in [0.1, 0.15) is 17.2 Å². The molecular formula is C16H17ClO3. The third-order valence-electron chi connectivity index (χ3n) is 3.01. The summed E-state index contributed by atoms with van der Waals surface area (Å²) in [6, 6.07) is 12.7. The fourth-order valence-corrected chi connectivity index (χ4v) is 2.12. The first-order chi connectivity index (χ1) is 9.60. The molecule has 0 bridgehead atoms. The number of benzene rings is 2. The molecule has 0 fully saturated rings. The van der Waals surface area contributed by atoms with Gasteiger partial charge in [-0.1, -0.05) is 23.7 Å². The van der Waals surface area contributed by atoms with E-state index < -0.39 is 6.10 Å². The molecule has 3 nitrogen and oxygen atoms in total. The van der Waals surface area contributed by atoms with Gasteiger partial charge in [0.15, 0.2) is 0 Å². The van der Waals surface area contributed by atoms with Gasteiger partial charge in [0, 0.05) is 5.02 Å². The predicted molar refractivity (Wildman–Crippen MR) is 79.6 cm³/mol. The normalized spacial score (nSPS) is 12.0. The van der Waals surface area contributed by atoms with Crippen molar-refractivity contribution in [3.63, 3.8) is 0 Å². The van der Waals surface area contributed by atoms with Crippen LogP contribution in [0.5, 0.6) is 11.5 Å². The van der Waals surface area contributed by atoms with E-state index >= 15 is 0 Å². The molecule has 0 saturated carbocycles. The van der Waals surface area contributed by atoms with E-state index in [0.717, 1.165) is 16.9 Å². The second-order valence-corrected chi connectivity index (χ2v) is 4.95. The van der Waals surface area contributed by atoms with Crippen molar-refractivity contribution in [2.24, 2.45) is 0 Å². The van der Waals surface area contributed by atoms with Gasteiger partial charge in [-0.25, -0.2) is 0 Å². The lowest BCUT2D eigenvalue weighted by Crippen LogP contribution is -2.10. The van der Waals surface area contributed by atoms with E-state index in [9.17, 15) is 5.11 Å². The van der Waals surface area contributed by atoms with Crippen molar-refractivity contribution >= 4 is 11.6 Å². The van der Waals surface area contributed by atoms with Gasteiger partial charge >= 0.3 is 0 Å². The number of hydrogen-bond acceptors (Lipinski definition) is 3. The Morgan fingerprint density at radius 3 is 2.70 bits per heavy atom. The second kappa shape index (κ2) is 6.64. The average Bonchev–Trinajstić information content (AvgIpc) is 2.46. The summed E-state index contributed by atoms with van der Waals surface area (Å²) < 4.78 is 10.8. The van der Waals surface area contributed by atoms with Crippen molar-refractivity contribution in [3.05, 3.63) is 58.6 Å². The molecule has 0 aliphatic rings. The molecule has 0 amide bonds. The van der Waals surface area contributed by atoms with Crippen LogP contribution in [0.4, 0.5) is 0 Å². The monoisotopic (exact) mass is 292 g/mol. The van der Waals surface area contributed by atoms with Crippen molar-refractivity contribution in [2.45, 2.75) is 13.0 Å². The van der Waals surface area contributed by atoms with Gasteiger partial charge in [-0.05, 0) is 48.4 Å². The Balaban J connectivity index is 2.02. The fraction of sp³-hybridized carbons (Fsp3) is 0.250. The molecule has 106 valence electrons. The van der Waals surface area contributed by atoms with Gasteiger partial charge in [-0.15, -0.1) is 0 Å². The summed E-state index contributed by atoms with van der Waals surface area (Å²) in [6.07, 6.45) is -0.708. The molecule has 0 spiro atoms. The first kappa shape index (κ1) is 14.7. The van der Waals surface area contributed by atoms with E-state index in [4.69, 9.17) is 21.1 Å². The molecule has 0 radical (unpaired) electrons. The first-order valence-corrected chi connectivity index (χ1v) is 6.69. The van der Waals surface area contributed by atoms with E-state index in [1.165, 1.54) is 0 Å². The summed E-state index contributed by atoms with van der Waals surface area (Å²) in [7, 11) is 1.60. The highest BCUT2D eigenvalue weighted by molar-refractivity contribution is 6.30. The predicted octanol–water partition coefficient (Wildman–Crippen LogP) is 3.77. The molecule has 2 rings (SSSR count). The minimum Gasteiger partial charge on any atom is -0.497 e. The maximum Gasteiger partial charge on any atom is 0.122 e. The van der Waals surface area contributed by atoms with Crippen molar-refractivity contribution in [1.29, 1.82) is 0 Å². The van der Waals surface area contributed by atoms with E-state index in [1.54, 1.807) is 25.3 Å². The van der Waals surface area contributed by atoms with Crippen molar-refractivity contribution < 1.29 is 14.6 Å². The molecule has 20 heavy (non-hydrogen) atoms. The van der Waals surface area contributed by atoms with E-state index in [-0.39, 0.29) is 6.61 Å². The number of hydrogen-bond donors (Lipinski definition) is 1. The summed E-state index contributed by atoms with van der Waals surface area (Å²) in [6.45, 7) is 2.09. The van der Waals surface area contributed by atoms with Crippen LogP contribution >= 0.6 is 11.6 Å². The third-order valence-corrected chi connectivity index (χ3v) is 3.25. The van der Waals surface area contributed by atoms with Crippen molar-refractivity contribution in [3.8, 4) is 11.5 Å². The van der Waals surface area contributed by atoms with Gasteiger partial charge in [0.25, 0.3) is 0 Å². The van der Waals surface area contributed by atoms with Crippen molar-refractivity contribution in [2.75, 3.05) is 13.7 Å². The molecule has 0 aromatic heterocycles. The number of aliphatic hydroxyl groups excluding tert-OH is 1. The molecule has 2 aromatic carbocycles. The zero-order chi connectivity index (χ0) is 14.5. The van der Waals surface area contributed by atoms with Gasteiger partial charge in [0.2, 0.25) is 0 Å². The smallest absolute Gasteiger partial charge is 0.122 e. The van der Waals surface area contributed by atoms with Gasteiger partial charge in [0.1, 0.15) is 24.2 Å². The molecular weight excluding hydrogens is 276 g/mol. The lowest BCUT2D eigenvalue weighted by molar-refractivity contribution is 0.107. The maximum atomic E-state index is 10.1. The van der Waals surface area contributed by atoms with Gasteiger partial charge in [0.05, 0.1) is 7.11 Å². The Morgan fingerprint density at radius 1 is 1.20 bits per heavy atom. The van der Waals surface area contributed by atoms with E-state index in [0.29, 0.717) is 10.8 Å². The number of halogens is 1. The second-order valence-electron chi connectivity index (χ2n) is 4.51. The summed E-state index contributed by atoms with van der Waals surface area (Å²) >= 11 is 5.89. The lowest BCUT2D eigenvalue weighted by Gasteiger charge is -2.15. The molecule has 2 aromatic rings. The van der Waals surface area contributed by atoms with E-state index in [2.05, 4.69) is 0 Å². The van der Waals surface area contributed by atoms with Crippen LogP contribution in [0, 0.1) is 6.92 Å². The highest BCUT2D eigenvalue weighted by Gasteiger charge is 2.10. The molecule has 4 heteroatoms. The Hall–Kier alpha value is -1.71. The highest BCUT2D eigenvalue weighted by Crippen LogP contribution is 2.24. The van der Waals surface area contributed by atoms with Crippen molar-refractivity contribution in [1.82, 2.24) is 0 Å². The van der Waals surface area contributed by atoms with Gasteiger partial charge < -0.3 is 14.6 Å². The van der Waals surface area contributed by atoms with Crippen LogP contribution in [0.3, 0.4) is 0 Å². The van der Waals surface area contributed by atoms with Crippen LogP contribution in [-0.4, -0.2) is 18.8 Å². The molecule has 0 heterocycles. The van der Waals surface area contributed by atoms with E-state index in [1.807, 2.05) is 31.2 Å².